The molecule has 1 aliphatic rings. The first-order chi connectivity index (χ1) is 6.69. The van der Waals surface area contributed by atoms with Crippen molar-refractivity contribution < 1.29 is 0 Å². The molecule has 0 radical (unpaired) electrons. The standard InChI is InChI=1S/C11H13N3/c1-14(2)10-9(4-3-7-13-10)11(8-12)5-6-11/h3-4,7H,5-6H2,1-2H3. The first kappa shape index (κ1) is 9.01. The summed E-state index contributed by atoms with van der Waals surface area (Å²) in [5, 5.41) is 9.12. The molecule has 0 amide bonds. The van der Waals surface area contributed by atoms with E-state index in [9.17, 15) is 0 Å². The average molecular weight is 187 g/mol. The average Bonchev–Trinajstić information content (AvgIpc) is 2.98. The normalized spacial score (nSPS) is 17.2. The zero-order valence-corrected chi connectivity index (χ0v) is 8.49. The summed E-state index contributed by atoms with van der Waals surface area (Å²) in [6.07, 6.45) is 3.71. The quantitative estimate of drug-likeness (QED) is 0.707. The van der Waals surface area contributed by atoms with Gasteiger partial charge in [0.15, 0.2) is 0 Å². The molecule has 0 saturated heterocycles. The minimum Gasteiger partial charge on any atom is -0.362 e. The van der Waals surface area contributed by atoms with Crippen molar-refractivity contribution in [2.75, 3.05) is 19.0 Å². The van der Waals surface area contributed by atoms with Gasteiger partial charge >= 0.3 is 0 Å². The largest absolute Gasteiger partial charge is 0.362 e. The zero-order valence-electron chi connectivity index (χ0n) is 8.49. The zero-order chi connectivity index (χ0) is 10.2. The summed E-state index contributed by atoms with van der Waals surface area (Å²) >= 11 is 0. The van der Waals surface area contributed by atoms with Gasteiger partial charge in [-0.25, -0.2) is 4.98 Å². The van der Waals surface area contributed by atoms with E-state index in [-0.39, 0.29) is 5.41 Å². The minimum absolute atomic E-state index is 0.242. The first-order valence-electron chi connectivity index (χ1n) is 4.74. The van der Waals surface area contributed by atoms with Crippen LogP contribution in [-0.2, 0) is 5.41 Å². The van der Waals surface area contributed by atoms with Crippen molar-refractivity contribution in [1.82, 2.24) is 4.98 Å². The molecule has 3 heteroatoms. The van der Waals surface area contributed by atoms with Crippen molar-refractivity contribution in [1.29, 1.82) is 5.26 Å². The van der Waals surface area contributed by atoms with E-state index in [1.54, 1.807) is 6.20 Å². The molecule has 1 saturated carbocycles. The Morgan fingerprint density at radius 2 is 2.21 bits per heavy atom. The van der Waals surface area contributed by atoms with Crippen LogP contribution in [0.1, 0.15) is 18.4 Å². The molecule has 1 aromatic rings. The molecule has 0 bridgehead atoms. The molecular formula is C11H13N3. The summed E-state index contributed by atoms with van der Waals surface area (Å²) in [6, 6.07) is 6.31. The van der Waals surface area contributed by atoms with Crippen LogP contribution < -0.4 is 4.90 Å². The lowest BCUT2D eigenvalue weighted by molar-refractivity contribution is 0.879. The van der Waals surface area contributed by atoms with Gasteiger partial charge in [0.25, 0.3) is 0 Å². The van der Waals surface area contributed by atoms with Crippen molar-refractivity contribution in [3.8, 4) is 6.07 Å². The van der Waals surface area contributed by atoms with Crippen LogP contribution in [0.3, 0.4) is 0 Å². The molecule has 3 nitrogen and oxygen atoms in total. The third-order valence-electron chi connectivity index (χ3n) is 2.69. The van der Waals surface area contributed by atoms with E-state index < -0.39 is 0 Å². The van der Waals surface area contributed by atoms with Gasteiger partial charge in [-0.15, -0.1) is 0 Å². The number of pyridine rings is 1. The van der Waals surface area contributed by atoms with Gasteiger partial charge in [-0.2, -0.15) is 5.26 Å². The van der Waals surface area contributed by atoms with Crippen LogP contribution in [0.5, 0.6) is 0 Å². The second-order valence-electron chi connectivity index (χ2n) is 3.96. The Balaban J connectivity index is 2.48. The number of hydrogen-bond donors (Lipinski definition) is 0. The maximum Gasteiger partial charge on any atom is 0.132 e. The van der Waals surface area contributed by atoms with Crippen LogP contribution in [0.15, 0.2) is 18.3 Å². The van der Waals surface area contributed by atoms with Crippen molar-refractivity contribution in [3.05, 3.63) is 23.9 Å². The summed E-state index contributed by atoms with van der Waals surface area (Å²) < 4.78 is 0. The van der Waals surface area contributed by atoms with Crippen LogP contribution >= 0.6 is 0 Å². The molecule has 1 fully saturated rings. The number of rotatable bonds is 2. The fourth-order valence-corrected chi connectivity index (χ4v) is 1.69. The predicted molar refractivity (Wildman–Crippen MR) is 55.1 cm³/mol. The molecule has 1 aromatic heterocycles. The third kappa shape index (κ3) is 1.24. The van der Waals surface area contributed by atoms with Gasteiger partial charge in [0.2, 0.25) is 0 Å². The molecule has 0 N–H and O–H groups in total. The lowest BCUT2D eigenvalue weighted by Crippen LogP contribution is -2.16. The minimum atomic E-state index is -0.242. The van der Waals surface area contributed by atoms with Gasteiger partial charge in [-0.05, 0) is 18.9 Å². The van der Waals surface area contributed by atoms with Gasteiger partial charge in [0, 0.05) is 25.9 Å². The highest BCUT2D eigenvalue weighted by atomic mass is 15.1. The molecule has 0 aliphatic heterocycles. The van der Waals surface area contributed by atoms with Gasteiger partial charge in [0.05, 0.1) is 11.5 Å². The molecule has 1 heterocycles. The van der Waals surface area contributed by atoms with E-state index in [1.165, 1.54) is 0 Å². The second kappa shape index (κ2) is 2.98. The molecule has 0 atom stereocenters. The lowest BCUT2D eigenvalue weighted by Gasteiger charge is -2.17. The van der Waals surface area contributed by atoms with E-state index in [2.05, 4.69) is 11.1 Å². The molecule has 2 rings (SSSR count). The van der Waals surface area contributed by atoms with Crippen molar-refractivity contribution >= 4 is 5.82 Å². The summed E-state index contributed by atoms with van der Waals surface area (Å²) in [4.78, 5) is 6.27. The maximum absolute atomic E-state index is 9.12. The topological polar surface area (TPSA) is 39.9 Å². The van der Waals surface area contributed by atoms with Gasteiger partial charge in [-0.1, -0.05) is 6.07 Å². The van der Waals surface area contributed by atoms with Crippen molar-refractivity contribution in [2.24, 2.45) is 0 Å². The number of anilines is 1. The predicted octanol–water partition coefficient (Wildman–Crippen LogP) is 1.70. The van der Waals surface area contributed by atoms with Crippen LogP contribution in [0.4, 0.5) is 5.82 Å². The highest BCUT2D eigenvalue weighted by Crippen LogP contribution is 2.49. The smallest absolute Gasteiger partial charge is 0.132 e. The van der Waals surface area contributed by atoms with E-state index in [0.29, 0.717) is 0 Å². The molecule has 0 unspecified atom stereocenters. The third-order valence-corrected chi connectivity index (χ3v) is 2.69. The highest BCUT2D eigenvalue weighted by Gasteiger charge is 2.46. The SMILES string of the molecule is CN(C)c1ncccc1C1(C#N)CC1. The molecule has 14 heavy (non-hydrogen) atoms. The second-order valence-corrected chi connectivity index (χ2v) is 3.96. The fraction of sp³-hybridized carbons (Fsp3) is 0.455. The highest BCUT2D eigenvalue weighted by molar-refractivity contribution is 5.55. The Morgan fingerprint density at radius 1 is 1.50 bits per heavy atom. The Labute approximate surface area is 84.0 Å². The monoisotopic (exact) mass is 187 g/mol. The Hall–Kier alpha value is -1.56. The van der Waals surface area contributed by atoms with Gasteiger partial charge < -0.3 is 4.90 Å². The van der Waals surface area contributed by atoms with Crippen LogP contribution in [0.2, 0.25) is 0 Å². The molecule has 72 valence electrons. The van der Waals surface area contributed by atoms with Crippen molar-refractivity contribution in [2.45, 2.75) is 18.3 Å². The Morgan fingerprint density at radius 3 is 2.71 bits per heavy atom. The number of nitrogens with zero attached hydrogens (tertiary/aromatic N) is 3. The Bertz CT molecular complexity index is 386. The summed E-state index contributed by atoms with van der Waals surface area (Å²) in [6.45, 7) is 0. The van der Waals surface area contributed by atoms with Gasteiger partial charge in [0.1, 0.15) is 5.82 Å². The van der Waals surface area contributed by atoms with Crippen LogP contribution in [-0.4, -0.2) is 19.1 Å². The van der Waals surface area contributed by atoms with Crippen LogP contribution in [0.25, 0.3) is 0 Å². The summed E-state index contributed by atoms with van der Waals surface area (Å²) in [7, 11) is 3.92. The van der Waals surface area contributed by atoms with Crippen LogP contribution in [0, 0.1) is 11.3 Å². The van der Waals surface area contributed by atoms with E-state index >= 15 is 0 Å². The number of hydrogen-bond acceptors (Lipinski definition) is 3. The maximum atomic E-state index is 9.12. The Kier molecular flexibility index (Phi) is 1.92. The molecular weight excluding hydrogens is 174 g/mol. The summed E-state index contributed by atoms with van der Waals surface area (Å²) in [5.74, 6) is 0.923. The number of aromatic nitrogens is 1. The molecule has 1 aliphatic carbocycles. The summed E-state index contributed by atoms with van der Waals surface area (Å²) in [5.41, 5.74) is 0.834. The molecule has 0 spiro atoms. The molecule has 0 aromatic carbocycles. The van der Waals surface area contributed by atoms with E-state index in [4.69, 9.17) is 5.26 Å². The number of nitriles is 1. The van der Waals surface area contributed by atoms with Crippen molar-refractivity contribution in [3.63, 3.8) is 0 Å². The first-order valence-corrected chi connectivity index (χ1v) is 4.74. The van der Waals surface area contributed by atoms with E-state index in [1.807, 2.05) is 31.1 Å². The van der Waals surface area contributed by atoms with E-state index in [0.717, 1.165) is 24.2 Å². The van der Waals surface area contributed by atoms with Gasteiger partial charge in [-0.3, -0.25) is 0 Å². The lowest BCUT2D eigenvalue weighted by atomic mass is 9.98. The fourth-order valence-electron chi connectivity index (χ4n) is 1.69.